The zero-order valence-electron chi connectivity index (χ0n) is 12.2. The van der Waals surface area contributed by atoms with Crippen molar-refractivity contribution in [1.82, 2.24) is 0 Å². The van der Waals surface area contributed by atoms with Crippen LogP contribution in [0, 0.1) is 6.92 Å². The fraction of sp³-hybridized carbons (Fsp3) is 0.0588. The maximum absolute atomic E-state index is 12.6. The zero-order valence-corrected chi connectivity index (χ0v) is 14.5. The molecule has 3 rings (SSSR count). The van der Waals surface area contributed by atoms with Gasteiger partial charge in [-0.3, -0.25) is 4.72 Å². The fourth-order valence-electron chi connectivity index (χ4n) is 2.38. The van der Waals surface area contributed by atoms with E-state index in [2.05, 4.69) is 4.72 Å². The first kappa shape index (κ1) is 16.1. The van der Waals surface area contributed by atoms with Crippen LogP contribution >= 0.6 is 23.2 Å². The van der Waals surface area contributed by atoms with E-state index in [-0.39, 0.29) is 9.92 Å². The van der Waals surface area contributed by atoms with Crippen LogP contribution in [0.3, 0.4) is 0 Å². The van der Waals surface area contributed by atoms with Crippen molar-refractivity contribution in [3.8, 4) is 0 Å². The molecular weight excluding hydrogens is 353 g/mol. The Labute approximate surface area is 144 Å². The molecule has 0 amide bonds. The molecule has 0 saturated carbocycles. The van der Waals surface area contributed by atoms with Gasteiger partial charge in [0.2, 0.25) is 0 Å². The predicted molar refractivity (Wildman–Crippen MR) is 96.0 cm³/mol. The van der Waals surface area contributed by atoms with Crippen LogP contribution in [0.15, 0.2) is 59.5 Å². The molecule has 0 bridgehead atoms. The molecule has 0 aliphatic heterocycles. The molecule has 0 fully saturated rings. The minimum Gasteiger partial charge on any atom is -0.280 e. The minimum atomic E-state index is -3.74. The molecule has 0 aromatic heterocycles. The van der Waals surface area contributed by atoms with Crippen LogP contribution in [0.4, 0.5) is 5.69 Å². The second-order valence-corrected chi connectivity index (χ2v) is 7.66. The molecule has 0 saturated heterocycles. The van der Waals surface area contributed by atoms with Crippen LogP contribution in [-0.2, 0) is 10.0 Å². The first-order chi connectivity index (χ1) is 10.9. The Morgan fingerprint density at radius 2 is 1.52 bits per heavy atom. The summed E-state index contributed by atoms with van der Waals surface area (Å²) in [5.41, 5.74) is 1.03. The molecule has 6 heteroatoms. The van der Waals surface area contributed by atoms with Gasteiger partial charge in [0.25, 0.3) is 10.0 Å². The lowest BCUT2D eigenvalue weighted by molar-refractivity contribution is 0.600. The molecule has 0 atom stereocenters. The van der Waals surface area contributed by atoms with Crippen LogP contribution in [0.2, 0.25) is 10.0 Å². The summed E-state index contributed by atoms with van der Waals surface area (Å²) < 4.78 is 27.8. The van der Waals surface area contributed by atoms with Crippen LogP contribution in [-0.4, -0.2) is 8.42 Å². The van der Waals surface area contributed by atoms with Gasteiger partial charge in [0, 0.05) is 5.69 Å². The summed E-state index contributed by atoms with van der Waals surface area (Å²) in [6.07, 6.45) is 0. The van der Waals surface area contributed by atoms with Crippen molar-refractivity contribution in [3.05, 3.63) is 70.2 Å². The average Bonchev–Trinajstić information content (AvgIpc) is 2.50. The third kappa shape index (κ3) is 3.29. The fourth-order valence-corrected chi connectivity index (χ4v) is 4.13. The summed E-state index contributed by atoms with van der Waals surface area (Å²) in [5, 5.41) is 2.53. The van der Waals surface area contributed by atoms with Crippen LogP contribution in [0.5, 0.6) is 0 Å². The van der Waals surface area contributed by atoms with Gasteiger partial charge in [0.05, 0.1) is 14.9 Å². The van der Waals surface area contributed by atoms with Gasteiger partial charge < -0.3 is 0 Å². The van der Waals surface area contributed by atoms with Gasteiger partial charge in [0.15, 0.2) is 0 Å². The van der Waals surface area contributed by atoms with E-state index >= 15 is 0 Å². The van der Waals surface area contributed by atoms with Crippen molar-refractivity contribution >= 4 is 49.7 Å². The lowest BCUT2D eigenvalue weighted by Crippen LogP contribution is -2.14. The highest BCUT2D eigenvalue weighted by atomic mass is 35.5. The molecule has 3 aromatic rings. The topological polar surface area (TPSA) is 46.2 Å². The number of hydrogen-bond acceptors (Lipinski definition) is 2. The van der Waals surface area contributed by atoms with Gasteiger partial charge in [-0.15, -0.1) is 0 Å². The van der Waals surface area contributed by atoms with E-state index in [9.17, 15) is 8.42 Å². The van der Waals surface area contributed by atoms with Crippen molar-refractivity contribution in [2.75, 3.05) is 4.72 Å². The highest BCUT2D eigenvalue weighted by molar-refractivity contribution is 7.92. The number of fused-ring (bicyclic) bond motifs is 1. The third-order valence-electron chi connectivity index (χ3n) is 3.51. The van der Waals surface area contributed by atoms with E-state index < -0.39 is 10.0 Å². The standard InChI is InChI=1S/C17H13Cl2NO2S/c1-11-8-15(18)16(19)10-17(11)23(21,22)20-14-7-6-12-4-2-3-5-13(12)9-14/h2-10,20H,1H3. The summed E-state index contributed by atoms with van der Waals surface area (Å²) in [6.45, 7) is 1.68. The number of hydrogen-bond donors (Lipinski definition) is 1. The molecule has 0 unspecified atom stereocenters. The first-order valence-corrected chi connectivity index (χ1v) is 9.08. The average molecular weight is 366 g/mol. The lowest BCUT2D eigenvalue weighted by Gasteiger charge is -2.12. The van der Waals surface area contributed by atoms with E-state index in [0.717, 1.165) is 10.8 Å². The number of aryl methyl sites for hydroxylation is 1. The van der Waals surface area contributed by atoms with Crippen LogP contribution < -0.4 is 4.72 Å². The Bertz CT molecular complexity index is 1000. The molecular formula is C17H13Cl2NO2S. The van der Waals surface area contributed by atoms with Gasteiger partial charge in [-0.1, -0.05) is 53.5 Å². The van der Waals surface area contributed by atoms with Crippen molar-refractivity contribution < 1.29 is 8.42 Å². The quantitative estimate of drug-likeness (QED) is 0.688. The molecule has 23 heavy (non-hydrogen) atoms. The summed E-state index contributed by atoms with van der Waals surface area (Å²) >= 11 is 11.9. The Kier molecular flexibility index (Phi) is 4.23. The minimum absolute atomic E-state index is 0.111. The smallest absolute Gasteiger partial charge is 0.262 e. The van der Waals surface area contributed by atoms with Gasteiger partial charge in [0.1, 0.15) is 0 Å². The number of nitrogens with one attached hydrogen (secondary N) is 1. The largest absolute Gasteiger partial charge is 0.280 e. The van der Waals surface area contributed by atoms with Crippen LogP contribution in [0.1, 0.15) is 5.56 Å². The molecule has 3 nitrogen and oxygen atoms in total. The predicted octanol–water partition coefficient (Wildman–Crippen LogP) is 5.26. The van der Waals surface area contributed by atoms with E-state index in [0.29, 0.717) is 16.3 Å². The van der Waals surface area contributed by atoms with Gasteiger partial charge in [-0.2, -0.15) is 0 Å². The second-order valence-electron chi connectivity index (χ2n) is 5.20. The Hall–Kier alpha value is -1.75. The van der Waals surface area contributed by atoms with Gasteiger partial charge >= 0.3 is 0 Å². The van der Waals surface area contributed by atoms with E-state index in [1.165, 1.54) is 6.07 Å². The summed E-state index contributed by atoms with van der Waals surface area (Å²) in [6, 6.07) is 16.0. The molecule has 0 heterocycles. The summed E-state index contributed by atoms with van der Waals surface area (Å²) in [4.78, 5) is 0.111. The molecule has 0 spiro atoms. The van der Waals surface area contributed by atoms with E-state index in [1.807, 2.05) is 30.3 Å². The van der Waals surface area contributed by atoms with Crippen molar-refractivity contribution in [1.29, 1.82) is 0 Å². The third-order valence-corrected chi connectivity index (χ3v) is 5.75. The normalized spacial score (nSPS) is 11.6. The summed E-state index contributed by atoms with van der Waals surface area (Å²) in [7, 11) is -3.74. The summed E-state index contributed by atoms with van der Waals surface area (Å²) in [5.74, 6) is 0. The maximum Gasteiger partial charge on any atom is 0.262 e. The van der Waals surface area contributed by atoms with Crippen molar-refractivity contribution in [3.63, 3.8) is 0 Å². The lowest BCUT2D eigenvalue weighted by atomic mass is 10.1. The van der Waals surface area contributed by atoms with Crippen molar-refractivity contribution in [2.45, 2.75) is 11.8 Å². The molecule has 0 aliphatic carbocycles. The number of anilines is 1. The van der Waals surface area contributed by atoms with Crippen LogP contribution in [0.25, 0.3) is 10.8 Å². The molecule has 0 aliphatic rings. The van der Waals surface area contributed by atoms with E-state index in [1.54, 1.807) is 25.1 Å². The Morgan fingerprint density at radius 1 is 0.870 bits per heavy atom. The number of benzene rings is 3. The molecule has 118 valence electrons. The zero-order chi connectivity index (χ0) is 16.6. The maximum atomic E-state index is 12.6. The Balaban J connectivity index is 2.01. The van der Waals surface area contributed by atoms with Gasteiger partial charge in [-0.25, -0.2) is 8.42 Å². The highest BCUT2D eigenvalue weighted by Crippen LogP contribution is 2.29. The SMILES string of the molecule is Cc1cc(Cl)c(Cl)cc1S(=O)(=O)Nc1ccc2ccccc2c1. The van der Waals surface area contributed by atoms with E-state index in [4.69, 9.17) is 23.2 Å². The second kappa shape index (κ2) is 6.04. The highest BCUT2D eigenvalue weighted by Gasteiger charge is 2.19. The molecule has 1 N–H and O–H groups in total. The van der Waals surface area contributed by atoms with Gasteiger partial charge in [-0.05, 0) is 47.5 Å². The number of rotatable bonds is 3. The Morgan fingerprint density at radius 3 is 2.26 bits per heavy atom. The first-order valence-electron chi connectivity index (χ1n) is 6.84. The molecule has 3 aromatic carbocycles. The monoisotopic (exact) mass is 365 g/mol. The molecule has 0 radical (unpaired) electrons. The number of sulfonamides is 1. The number of halogens is 2. The van der Waals surface area contributed by atoms with Crippen molar-refractivity contribution in [2.24, 2.45) is 0 Å².